The number of benzene rings is 1. The van der Waals surface area contributed by atoms with Crippen molar-refractivity contribution in [2.24, 2.45) is 11.7 Å². The molecule has 6 nitrogen and oxygen atoms in total. The third-order valence-corrected chi connectivity index (χ3v) is 7.74. The standard InChI is InChI=1S/C18H29BN2O4S.ClH/c1-17(2)18(3,4)25-19(24-17)15-7-9-16(10-8-15)26(22,23)21-11-5-6-14(12-20)13-21;/h7-10,14H,5-6,11-13,20H2,1-4H3;1H. The predicted molar refractivity (Wildman–Crippen MR) is 110 cm³/mol. The first kappa shape index (κ1) is 22.7. The summed E-state index contributed by atoms with van der Waals surface area (Å²) in [7, 11) is -3.99. The van der Waals surface area contributed by atoms with E-state index in [2.05, 4.69) is 0 Å². The maximum Gasteiger partial charge on any atom is 0.494 e. The van der Waals surface area contributed by atoms with Crippen LogP contribution in [0.3, 0.4) is 0 Å². The molecule has 0 bridgehead atoms. The van der Waals surface area contributed by atoms with Crippen LogP contribution >= 0.6 is 12.4 Å². The third kappa shape index (κ3) is 4.36. The highest BCUT2D eigenvalue weighted by Crippen LogP contribution is 2.36. The zero-order valence-electron chi connectivity index (χ0n) is 16.5. The molecule has 27 heavy (non-hydrogen) atoms. The van der Waals surface area contributed by atoms with Gasteiger partial charge in [-0.3, -0.25) is 0 Å². The van der Waals surface area contributed by atoms with Gasteiger partial charge in [0.2, 0.25) is 10.0 Å². The van der Waals surface area contributed by atoms with Crippen molar-refractivity contribution < 1.29 is 17.7 Å². The van der Waals surface area contributed by atoms with Crippen LogP contribution < -0.4 is 11.2 Å². The number of nitrogens with zero attached hydrogens (tertiary/aromatic N) is 1. The van der Waals surface area contributed by atoms with E-state index < -0.39 is 28.3 Å². The zero-order chi connectivity index (χ0) is 19.2. The summed E-state index contributed by atoms with van der Waals surface area (Å²) in [5.41, 5.74) is 5.71. The van der Waals surface area contributed by atoms with Gasteiger partial charge in [0.05, 0.1) is 16.1 Å². The minimum atomic E-state index is -3.49. The van der Waals surface area contributed by atoms with E-state index in [-0.39, 0.29) is 18.3 Å². The highest BCUT2D eigenvalue weighted by Gasteiger charge is 2.51. The topological polar surface area (TPSA) is 81.9 Å². The Morgan fingerprint density at radius 3 is 2.22 bits per heavy atom. The van der Waals surface area contributed by atoms with Crippen molar-refractivity contribution in [3.05, 3.63) is 24.3 Å². The predicted octanol–water partition coefficient (Wildman–Crippen LogP) is 1.77. The van der Waals surface area contributed by atoms with Gasteiger partial charge in [0.1, 0.15) is 0 Å². The van der Waals surface area contributed by atoms with Gasteiger partial charge in [-0.1, -0.05) is 12.1 Å². The van der Waals surface area contributed by atoms with Gasteiger partial charge in [-0.2, -0.15) is 4.31 Å². The van der Waals surface area contributed by atoms with E-state index in [1.54, 1.807) is 28.6 Å². The van der Waals surface area contributed by atoms with Gasteiger partial charge in [-0.05, 0) is 70.6 Å². The minimum Gasteiger partial charge on any atom is -0.399 e. The molecule has 0 saturated carbocycles. The van der Waals surface area contributed by atoms with Crippen LogP contribution in [0.1, 0.15) is 40.5 Å². The van der Waals surface area contributed by atoms with Gasteiger partial charge in [0, 0.05) is 13.1 Å². The largest absolute Gasteiger partial charge is 0.494 e. The Morgan fingerprint density at radius 1 is 1.15 bits per heavy atom. The summed E-state index contributed by atoms with van der Waals surface area (Å²) in [6.07, 6.45) is 1.84. The Morgan fingerprint density at radius 2 is 1.70 bits per heavy atom. The van der Waals surface area contributed by atoms with E-state index in [0.29, 0.717) is 24.5 Å². The number of rotatable bonds is 4. The molecule has 1 unspecified atom stereocenters. The Bertz CT molecular complexity index is 739. The lowest BCUT2D eigenvalue weighted by atomic mass is 9.79. The fourth-order valence-corrected chi connectivity index (χ4v) is 4.92. The fourth-order valence-electron chi connectivity index (χ4n) is 3.36. The molecule has 9 heteroatoms. The maximum absolute atomic E-state index is 12.9. The van der Waals surface area contributed by atoms with Crippen molar-refractivity contribution in [2.75, 3.05) is 19.6 Å². The van der Waals surface area contributed by atoms with E-state index >= 15 is 0 Å². The molecule has 1 aromatic rings. The fraction of sp³-hybridized carbons (Fsp3) is 0.667. The first-order valence-electron chi connectivity index (χ1n) is 9.23. The highest BCUT2D eigenvalue weighted by atomic mass is 35.5. The number of nitrogens with two attached hydrogens (primary N) is 1. The van der Waals surface area contributed by atoms with Crippen LogP contribution in [-0.4, -0.2) is 50.7 Å². The summed E-state index contributed by atoms with van der Waals surface area (Å²) in [6, 6.07) is 6.84. The molecule has 0 spiro atoms. The molecule has 2 N–H and O–H groups in total. The normalized spacial score (nSPS) is 25.2. The third-order valence-electron chi connectivity index (χ3n) is 5.86. The second-order valence-corrected chi connectivity index (χ2v) is 10.2. The van der Waals surface area contributed by atoms with E-state index in [0.717, 1.165) is 18.3 Å². The molecular weight excluding hydrogens is 387 g/mol. The molecule has 2 aliphatic heterocycles. The van der Waals surface area contributed by atoms with E-state index in [1.165, 1.54) is 0 Å². The maximum atomic E-state index is 12.9. The van der Waals surface area contributed by atoms with Gasteiger partial charge < -0.3 is 15.0 Å². The minimum absolute atomic E-state index is 0. The van der Waals surface area contributed by atoms with Gasteiger partial charge in [0.15, 0.2) is 0 Å². The Balaban J connectivity index is 0.00000261. The quantitative estimate of drug-likeness (QED) is 0.756. The number of hydrogen-bond donors (Lipinski definition) is 1. The molecule has 1 atom stereocenters. The van der Waals surface area contributed by atoms with Gasteiger partial charge >= 0.3 is 7.12 Å². The van der Waals surface area contributed by atoms with Crippen LogP contribution in [-0.2, 0) is 19.3 Å². The van der Waals surface area contributed by atoms with Crippen molar-refractivity contribution in [2.45, 2.75) is 56.6 Å². The van der Waals surface area contributed by atoms with Crippen molar-refractivity contribution in [1.82, 2.24) is 4.31 Å². The number of sulfonamides is 1. The SMILES string of the molecule is CC1(C)OB(c2ccc(S(=O)(=O)N3CCCC(CN)C3)cc2)OC1(C)C.Cl. The van der Waals surface area contributed by atoms with E-state index in [4.69, 9.17) is 15.0 Å². The molecule has 0 aromatic heterocycles. The summed E-state index contributed by atoms with van der Waals surface area (Å²) in [6.45, 7) is 9.56. The van der Waals surface area contributed by atoms with Crippen molar-refractivity contribution in [3.63, 3.8) is 0 Å². The molecule has 2 heterocycles. The lowest BCUT2D eigenvalue weighted by Gasteiger charge is -2.32. The number of halogens is 1. The van der Waals surface area contributed by atoms with Crippen molar-refractivity contribution >= 4 is 35.0 Å². The highest BCUT2D eigenvalue weighted by molar-refractivity contribution is 7.89. The summed E-state index contributed by atoms with van der Waals surface area (Å²) in [5.74, 6) is 0.238. The molecule has 0 amide bonds. The summed E-state index contributed by atoms with van der Waals surface area (Å²) < 4.78 is 39.4. The average molecular weight is 417 g/mol. The van der Waals surface area contributed by atoms with Crippen molar-refractivity contribution in [1.29, 1.82) is 0 Å². The molecule has 1 aromatic carbocycles. The second-order valence-electron chi connectivity index (χ2n) is 8.26. The monoisotopic (exact) mass is 416 g/mol. The van der Waals surface area contributed by atoms with Gasteiger partial charge in [-0.25, -0.2) is 8.42 Å². The Kier molecular flexibility index (Phi) is 6.72. The van der Waals surface area contributed by atoms with Crippen LogP contribution in [0, 0.1) is 5.92 Å². The number of hydrogen-bond acceptors (Lipinski definition) is 5. The lowest BCUT2D eigenvalue weighted by Crippen LogP contribution is -2.42. The van der Waals surface area contributed by atoms with E-state index in [9.17, 15) is 8.42 Å². The Hall–Kier alpha value is -0.635. The lowest BCUT2D eigenvalue weighted by molar-refractivity contribution is 0.00578. The van der Waals surface area contributed by atoms with E-state index in [1.807, 2.05) is 27.7 Å². The first-order chi connectivity index (χ1) is 12.1. The Labute approximate surface area is 169 Å². The molecule has 2 saturated heterocycles. The first-order valence-corrected chi connectivity index (χ1v) is 10.7. The number of piperidine rings is 1. The van der Waals surface area contributed by atoms with Crippen molar-refractivity contribution in [3.8, 4) is 0 Å². The molecule has 2 aliphatic rings. The van der Waals surface area contributed by atoms with Crippen LogP contribution in [0.25, 0.3) is 0 Å². The molecule has 0 radical (unpaired) electrons. The smallest absolute Gasteiger partial charge is 0.399 e. The van der Waals surface area contributed by atoms with Gasteiger partial charge in [-0.15, -0.1) is 12.4 Å². The summed E-state index contributed by atoms with van der Waals surface area (Å²) in [4.78, 5) is 0.301. The molecule has 0 aliphatic carbocycles. The molecule has 152 valence electrons. The molecular formula is C18H30BClN2O4S. The second kappa shape index (κ2) is 8.01. The zero-order valence-corrected chi connectivity index (χ0v) is 18.1. The van der Waals surface area contributed by atoms with Crippen LogP contribution in [0.15, 0.2) is 29.2 Å². The molecule has 2 fully saturated rings. The summed E-state index contributed by atoms with van der Waals surface area (Å²) in [5, 5.41) is 0. The summed E-state index contributed by atoms with van der Waals surface area (Å²) >= 11 is 0. The van der Waals surface area contributed by atoms with Gasteiger partial charge in [0.25, 0.3) is 0 Å². The van der Waals surface area contributed by atoms with Crippen LogP contribution in [0.5, 0.6) is 0 Å². The van der Waals surface area contributed by atoms with Crippen LogP contribution in [0.2, 0.25) is 0 Å². The average Bonchev–Trinajstić information content (AvgIpc) is 2.83. The molecule has 3 rings (SSSR count). The van der Waals surface area contributed by atoms with Crippen LogP contribution in [0.4, 0.5) is 0 Å².